The molecule has 3 rings (SSSR count). The summed E-state index contributed by atoms with van der Waals surface area (Å²) < 4.78 is 1.18. The van der Waals surface area contributed by atoms with Crippen molar-refractivity contribution in [2.45, 2.75) is 12.3 Å². The fourth-order valence-corrected chi connectivity index (χ4v) is 2.73. The van der Waals surface area contributed by atoms with Gasteiger partial charge >= 0.3 is 0 Å². The number of rotatable bonds is 2. The van der Waals surface area contributed by atoms with Crippen LogP contribution in [0.1, 0.15) is 17.9 Å². The average molecular weight is 311 g/mol. The van der Waals surface area contributed by atoms with E-state index in [-0.39, 0.29) is 0 Å². The van der Waals surface area contributed by atoms with Gasteiger partial charge in [-0.25, -0.2) is 0 Å². The molecule has 1 atom stereocenters. The standard InChI is InChI=1S/C18H15Br/c19-18-12-10-17(11-13-18)16-8-6-15(7-9-16)14-4-2-1-3-5-14/h1-10,12-13,17H,11H2. The van der Waals surface area contributed by atoms with E-state index in [1.165, 1.54) is 21.2 Å². The van der Waals surface area contributed by atoms with Gasteiger partial charge < -0.3 is 0 Å². The van der Waals surface area contributed by atoms with Gasteiger partial charge in [-0.3, -0.25) is 0 Å². The van der Waals surface area contributed by atoms with Gasteiger partial charge in [-0.05, 0) is 23.1 Å². The molecule has 1 aliphatic carbocycles. The van der Waals surface area contributed by atoms with Crippen LogP contribution in [0.25, 0.3) is 11.1 Å². The molecule has 0 spiro atoms. The maximum Gasteiger partial charge on any atom is 0.0132 e. The van der Waals surface area contributed by atoms with Gasteiger partial charge in [0.25, 0.3) is 0 Å². The summed E-state index contributed by atoms with van der Waals surface area (Å²) in [4.78, 5) is 0. The van der Waals surface area contributed by atoms with Crippen molar-refractivity contribution in [1.29, 1.82) is 0 Å². The van der Waals surface area contributed by atoms with E-state index < -0.39 is 0 Å². The van der Waals surface area contributed by atoms with Crippen molar-refractivity contribution in [2.75, 3.05) is 0 Å². The lowest BCUT2D eigenvalue weighted by molar-refractivity contribution is 0.852. The van der Waals surface area contributed by atoms with Crippen LogP contribution in [0.15, 0.2) is 77.3 Å². The van der Waals surface area contributed by atoms with E-state index in [0.717, 1.165) is 6.42 Å². The number of benzene rings is 2. The Morgan fingerprint density at radius 1 is 0.842 bits per heavy atom. The SMILES string of the molecule is BrC1=CCC(c2ccc(-c3ccccc3)cc2)C=C1. The summed E-state index contributed by atoms with van der Waals surface area (Å²) in [5.74, 6) is 0.506. The molecule has 1 aliphatic rings. The molecule has 0 nitrogen and oxygen atoms in total. The molecule has 0 aromatic heterocycles. The van der Waals surface area contributed by atoms with E-state index in [0.29, 0.717) is 5.92 Å². The summed E-state index contributed by atoms with van der Waals surface area (Å²) in [6, 6.07) is 19.4. The monoisotopic (exact) mass is 310 g/mol. The van der Waals surface area contributed by atoms with Crippen molar-refractivity contribution in [2.24, 2.45) is 0 Å². The van der Waals surface area contributed by atoms with Crippen LogP contribution >= 0.6 is 15.9 Å². The summed E-state index contributed by atoms with van der Waals surface area (Å²) in [5, 5.41) is 0. The maximum absolute atomic E-state index is 3.50. The summed E-state index contributed by atoms with van der Waals surface area (Å²) in [5.41, 5.74) is 3.93. The molecule has 2 aromatic rings. The highest BCUT2D eigenvalue weighted by Crippen LogP contribution is 2.30. The van der Waals surface area contributed by atoms with E-state index >= 15 is 0 Å². The molecule has 0 bridgehead atoms. The van der Waals surface area contributed by atoms with Crippen LogP contribution in [-0.2, 0) is 0 Å². The normalized spacial score (nSPS) is 18.2. The molecule has 0 radical (unpaired) electrons. The fourth-order valence-electron chi connectivity index (χ4n) is 2.39. The van der Waals surface area contributed by atoms with Gasteiger partial charge in [0.2, 0.25) is 0 Å². The van der Waals surface area contributed by atoms with Gasteiger partial charge in [-0.1, -0.05) is 88.8 Å². The van der Waals surface area contributed by atoms with Gasteiger partial charge in [0.05, 0.1) is 0 Å². The number of hydrogen-bond acceptors (Lipinski definition) is 0. The second-order valence-electron chi connectivity index (χ2n) is 4.78. The largest absolute Gasteiger partial charge is 0.0756 e. The predicted molar refractivity (Wildman–Crippen MR) is 85.4 cm³/mol. The van der Waals surface area contributed by atoms with E-state index in [1.807, 2.05) is 0 Å². The third-order valence-corrected chi connectivity index (χ3v) is 4.09. The zero-order valence-electron chi connectivity index (χ0n) is 10.6. The smallest absolute Gasteiger partial charge is 0.0132 e. The maximum atomic E-state index is 3.50. The molecule has 1 heteroatoms. The van der Waals surface area contributed by atoms with Crippen LogP contribution < -0.4 is 0 Å². The first-order valence-electron chi connectivity index (χ1n) is 6.52. The zero-order chi connectivity index (χ0) is 13.1. The fraction of sp³-hybridized carbons (Fsp3) is 0.111. The van der Waals surface area contributed by atoms with Crippen molar-refractivity contribution < 1.29 is 0 Å². The summed E-state index contributed by atoms with van der Waals surface area (Å²) >= 11 is 3.50. The Bertz CT molecular complexity index is 606. The third kappa shape index (κ3) is 2.87. The number of halogens is 1. The van der Waals surface area contributed by atoms with Crippen LogP contribution in [0.4, 0.5) is 0 Å². The molecule has 0 saturated carbocycles. The average Bonchev–Trinajstić information content (AvgIpc) is 2.49. The van der Waals surface area contributed by atoms with Crippen LogP contribution in [0.3, 0.4) is 0 Å². The minimum absolute atomic E-state index is 0.506. The van der Waals surface area contributed by atoms with E-state index in [4.69, 9.17) is 0 Å². The van der Waals surface area contributed by atoms with Gasteiger partial charge in [0.1, 0.15) is 0 Å². The Morgan fingerprint density at radius 2 is 1.53 bits per heavy atom. The summed E-state index contributed by atoms with van der Waals surface area (Å²) in [6.45, 7) is 0. The molecular formula is C18H15Br. The molecule has 1 unspecified atom stereocenters. The van der Waals surface area contributed by atoms with Gasteiger partial charge in [-0.15, -0.1) is 0 Å². The van der Waals surface area contributed by atoms with E-state index in [1.54, 1.807) is 0 Å². The lowest BCUT2D eigenvalue weighted by Gasteiger charge is -2.15. The lowest BCUT2D eigenvalue weighted by atomic mass is 9.91. The van der Waals surface area contributed by atoms with Crippen LogP contribution in [0.5, 0.6) is 0 Å². The quantitative estimate of drug-likeness (QED) is 0.669. The van der Waals surface area contributed by atoms with Gasteiger partial charge in [0.15, 0.2) is 0 Å². The first kappa shape index (κ1) is 12.4. The van der Waals surface area contributed by atoms with Crippen LogP contribution in [0, 0.1) is 0 Å². The molecule has 0 N–H and O–H groups in total. The molecular weight excluding hydrogens is 296 g/mol. The molecule has 0 amide bonds. The van der Waals surface area contributed by atoms with Crippen LogP contribution in [-0.4, -0.2) is 0 Å². The highest BCUT2D eigenvalue weighted by molar-refractivity contribution is 9.11. The molecule has 0 fully saturated rings. The van der Waals surface area contributed by atoms with Gasteiger partial charge in [-0.2, -0.15) is 0 Å². The summed E-state index contributed by atoms with van der Waals surface area (Å²) in [6.07, 6.45) is 7.71. The molecule has 0 saturated heterocycles. The Morgan fingerprint density at radius 3 is 2.16 bits per heavy atom. The van der Waals surface area contributed by atoms with Crippen molar-refractivity contribution in [3.05, 3.63) is 82.9 Å². The molecule has 94 valence electrons. The van der Waals surface area contributed by atoms with Crippen molar-refractivity contribution in [3.63, 3.8) is 0 Å². The van der Waals surface area contributed by atoms with Gasteiger partial charge in [0, 0.05) is 10.4 Å². The second-order valence-corrected chi connectivity index (χ2v) is 5.69. The van der Waals surface area contributed by atoms with E-state index in [9.17, 15) is 0 Å². The zero-order valence-corrected chi connectivity index (χ0v) is 12.2. The molecule has 19 heavy (non-hydrogen) atoms. The van der Waals surface area contributed by atoms with Crippen LogP contribution in [0.2, 0.25) is 0 Å². The van der Waals surface area contributed by atoms with Crippen molar-refractivity contribution in [1.82, 2.24) is 0 Å². The lowest BCUT2D eigenvalue weighted by Crippen LogP contribution is -1.96. The minimum Gasteiger partial charge on any atom is -0.0756 e. The number of hydrogen-bond donors (Lipinski definition) is 0. The van der Waals surface area contributed by atoms with E-state index in [2.05, 4.69) is 88.8 Å². The molecule has 2 aromatic carbocycles. The Balaban J connectivity index is 1.82. The Hall–Kier alpha value is -1.60. The highest BCUT2D eigenvalue weighted by atomic mass is 79.9. The number of allylic oxidation sites excluding steroid dienone is 4. The first-order valence-corrected chi connectivity index (χ1v) is 7.31. The molecule has 0 aliphatic heterocycles. The molecule has 0 heterocycles. The van der Waals surface area contributed by atoms with Crippen molar-refractivity contribution >= 4 is 15.9 Å². The highest BCUT2D eigenvalue weighted by Gasteiger charge is 2.10. The minimum atomic E-state index is 0.506. The third-order valence-electron chi connectivity index (χ3n) is 3.50. The van der Waals surface area contributed by atoms with Crippen molar-refractivity contribution in [3.8, 4) is 11.1 Å². The predicted octanol–water partition coefficient (Wildman–Crippen LogP) is 5.68. The summed E-state index contributed by atoms with van der Waals surface area (Å²) in [7, 11) is 0. The first-order chi connectivity index (χ1) is 9.33. The second kappa shape index (κ2) is 5.58. The topological polar surface area (TPSA) is 0 Å². The Kier molecular flexibility index (Phi) is 3.65. The Labute approximate surface area is 122 Å².